The second-order valence-electron chi connectivity index (χ2n) is 5.70. The van der Waals surface area contributed by atoms with Crippen LogP contribution in [0.2, 0.25) is 0 Å². The van der Waals surface area contributed by atoms with Crippen LogP contribution in [0.4, 0.5) is 5.69 Å². The molecule has 1 fully saturated rings. The van der Waals surface area contributed by atoms with Crippen molar-refractivity contribution in [1.82, 2.24) is 0 Å². The molecule has 5 nitrogen and oxygen atoms in total. The number of carboxylic acids is 1. The number of amides is 1. The van der Waals surface area contributed by atoms with Crippen LogP contribution >= 0.6 is 0 Å². The molecule has 1 saturated heterocycles. The molecule has 5 heteroatoms. The van der Waals surface area contributed by atoms with Crippen molar-refractivity contribution in [2.75, 3.05) is 11.4 Å². The van der Waals surface area contributed by atoms with E-state index in [1.54, 1.807) is 24.3 Å². The number of rotatable bonds is 4. The van der Waals surface area contributed by atoms with E-state index in [0.29, 0.717) is 6.54 Å². The Balaban J connectivity index is 1.90. The first kappa shape index (κ1) is 15.1. The molecule has 1 aliphatic rings. The van der Waals surface area contributed by atoms with Gasteiger partial charge in [0.25, 0.3) is 0 Å². The molecule has 0 aliphatic carbocycles. The van der Waals surface area contributed by atoms with E-state index in [9.17, 15) is 9.59 Å². The van der Waals surface area contributed by atoms with Gasteiger partial charge in [-0.1, -0.05) is 30.3 Å². The Labute approximate surface area is 134 Å². The Hall–Kier alpha value is -2.82. The molecule has 1 amide bonds. The number of aromatic carboxylic acids is 1. The van der Waals surface area contributed by atoms with Crippen LogP contribution in [0.15, 0.2) is 54.6 Å². The second-order valence-corrected chi connectivity index (χ2v) is 5.70. The summed E-state index contributed by atoms with van der Waals surface area (Å²) in [5.74, 6) is -1.28. The highest BCUT2D eigenvalue weighted by molar-refractivity contribution is 5.89. The number of nitrogens with zero attached hydrogens (tertiary/aromatic N) is 1. The molecule has 0 aromatic heterocycles. The molecule has 118 valence electrons. The largest absolute Gasteiger partial charge is 0.478 e. The monoisotopic (exact) mass is 310 g/mol. The maximum absolute atomic E-state index is 12.0. The summed E-state index contributed by atoms with van der Waals surface area (Å²) in [5.41, 5.74) is 7.80. The summed E-state index contributed by atoms with van der Waals surface area (Å²) in [5, 5.41) is 8.98. The minimum atomic E-state index is -0.966. The van der Waals surface area contributed by atoms with Gasteiger partial charge in [0.15, 0.2) is 0 Å². The van der Waals surface area contributed by atoms with Gasteiger partial charge in [0, 0.05) is 18.2 Å². The highest BCUT2D eigenvalue weighted by Crippen LogP contribution is 2.36. The standard InChI is InChI=1S/C18H18N2O3/c19-17(21)16-15(12-4-2-1-3-5-12)10-11-20(16)14-8-6-13(7-9-14)18(22)23/h1-9,15-16H,10-11H2,(H2,19,21)(H,22,23)/t15-,16-/m0/s1. The smallest absolute Gasteiger partial charge is 0.335 e. The molecule has 1 aliphatic heterocycles. The zero-order valence-electron chi connectivity index (χ0n) is 12.6. The van der Waals surface area contributed by atoms with Gasteiger partial charge in [-0.3, -0.25) is 4.79 Å². The van der Waals surface area contributed by atoms with Crippen molar-refractivity contribution in [2.24, 2.45) is 5.73 Å². The van der Waals surface area contributed by atoms with Crippen molar-refractivity contribution < 1.29 is 14.7 Å². The van der Waals surface area contributed by atoms with Crippen molar-refractivity contribution in [3.63, 3.8) is 0 Å². The molecular weight excluding hydrogens is 292 g/mol. The molecular formula is C18H18N2O3. The van der Waals surface area contributed by atoms with E-state index in [0.717, 1.165) is 17.7 Å². The number of anilines is 1. The number of nitrogens with two attached hydrogens (primary N) is 1. The van der Waals surface area contributed by atoms with E-state index in [1.807, 2.05) is 35.2 Å². The number of hydrogen-bond donors (Lipinski definition) is 2. The molecule has 23 heavy (non-hydrogen) atoms. The number of benzene rings is 2. The number of primary amides is 1. The summed E-state index contributed by atoms with van der Waals surface area (Å²) in [6, 6.07) is 16.0. The van der Waals surface area contributed by atoms with Crippen molar-refractivity contribution in [3.8, 4) is 0 Å². The lowest BCUT2D eigenvalue weighted by Crippen LogP contribution is -2.43. The molecule has 3 rings (SSSR count). The first-order valence-corrected chi connectivity index (χ1v) is 7.52. The maximum atomic E-state index is 12.0. The van der Waals surface area contributed by atoms with Gasteiger partial charge in [0.05, 0.1) is 5.56 Å². The molecule has 3 N–H and O–H groups in total. The lowest BCUT2D eigenvalue weighted by Gasteiger charge is -2.27. The number of carbonyl (C=O) groups excluding carboxylic acids is 1. The van der Waals surface area contributed by atoms with Gasteiger partial charge in [-0.2, -0.15) is 0 Å². The topological polar surface area (TPSA) is 83.6 Å². The molecule has 0 spiro atoms. The Kier molecular flexibility index (Phi) is 4.02. The van der Waals surface area contributed by atoms with Crippen molar-refractivity contribution in [2.45, 2.75) is 18.4 Å². The highest BCUT2D eigenvalue weighted by Gasteiger charge is 2.39. The van der Waals surface area contributed by atoms with Crippen LogP contribution < -0.4 is 10.6 Å². The fraction of sp³-hybridized carbons (Fsp3) is 0.222. The quantitative estimate of drug-likeness (QED) is 0.907. The van der Waals surface area contributed by atoms with E-state index in [-0.39, 0.29) is 17.4 Å². The van der Waals surface area contributed by atoms with Crippen LogP contribution in [-0.2, 0) is 4.79 Å². The third-order valence-electron chi connectivity index (χ3n) is 4.36. The first-order valence-electron chi connectivity index (χ1n) is 7.52. The third-order valence-corrected chi connectivity index (χ3v) is 4.36. The predicted molar refractivity (Wildman–Crippen MR) is 87.5 cm³/mol. The molecule has 2 atom stereocenters. The summed E-state index contributed by atoms with van der Waals surface area (Å²) >= 11 is 0. The zero-order valence-corrected chi connectivity index (χ0v) is 12.6. The van der Waals surface area contributed by atoms with E-state index >= 15 is 0 Å². The van der Waals surface area contributed by atoms with Crippen LogP contribution in [0.5, 0.6) is 0 Å². The Morgan fingerprint density at radius 2 is 1.70 bits per heavy atom. The van der Waals surface area contributed by atoms with Gasteiger partial charge < -0.3 is 15.7 Å². The van der Waals surface area contributed by atoms with Crippen LogP contribution in [0.1, 0.15) is 28.3 Å². The SMILES string of the molecule is NC(=O)[C@@H]1[C@H](c2ccccc2)CCN1c1ccc(C(=O)O)cc1. The summed E-state index contributed by atoms with van der Waals surface area (Å²) in [7, 11) is 0. The van der Waals surface area contributed by atoms with Gasteiger partial charge in [-0.25, -0.2) is 4.79 Å². The van der Waals surface area contributed by atoms with Gasteiger partial charge in [0.2, 0.25) is 5.91 Å². The van der Waals surface area contributed by atoms with E-state index in [2.05, 4.69) is 0 Å². The molecule has 2 aromatic carbocycles. The van der Waals surface area contributed by atoms with Gasteiger partial charge in [-0.15, -0.1) is 0 Å². The van der Waals surface area contributed by atoms with E-state index in [1.165, 1.54) is 0 Å². The van der Waals surface area contributed by atoms with Gasteiger partial charge in [-0.05, 0) is 36.2 Å². The summed E-state index contributed by atoms with van der Waals surface area (Å²) in [4.78, 5) is 24.9. The van der Waals surface area contributed by atoms with Crippen LogP contribution in [0.25, 0.3) is 0 Å². The Morgan fingerprint density at radius 3 is 2.26 bits per heavy atom. The lowest BCUT2D eigenvalue weighted by molar-refractivity contribution is -0.119. The van der Waals surface area contributed by atoms with Crippen LogP contribution in [-0.4, -0.2) is 29.6 Å². The summed E-state index contributed by atoms with van der Waals surface area (Å²) in [6.45, 7) is 0.708. The third kappa shape index (κ3) is 2.90. The number of carbonyl (C=O) groups is 2. The van der Waals surface area contributed by atoms with E-state index < -0.39 is 12.0 Å². The van der Waals surface area contributed by atoms with Crippen LogP contribution in [0.3, 0.4) is 0 Å². The summed E-state index contributed by atoms with van der Waals surface area (Å²) in [6.07, 6.45) is 0.832. The minimum absolute atomic E-state index is 0.0489. The zero-order chi connectivity index (χ0) is 16.4. The number of hydrogen-bond acceptors (Lipinski definition) is 3. The average Bonchev–Trinajstić information content (AvgIpc) is 3.01. The maximum Gasteiger partial charge on any atom is 0.335 e. The Morgan fingerprint density at radius 1 is 1.04 bits per heavy atom. The predicted octanol–water partition coefficient (Wildman–Crippen LogP) is 2.23. The Bertz CT molecular complexity index is 713. The molecule has 0 radical (unpaired) electrons. The normalized spacial score (nSPS) is 20.4. The molecule has 0 bridgehead atoms. The molecule has 1 heterocycles. The molecule has 0 unspecified atom stereocenters. The minimum Gasteiger partial charge on any atom is -0.478 e. The summed E-state index contributed by atoms with van der Waals surface area (Å²) < 4.78 is 0. The van der Waals surface area contributed by atoms with Crippen molar-refractivity contribution in [3.05, 3.63) is 65.7 Å². The fourth-order valence-corrected chi connectivity index (χ4v) is 3.28. The molecule has 0 saturated carbocycles. The van der Waals surface area contributed by atoms with Gasteiger partial charge in [0.1, 0.15) is 6.04 Å². The fourth-order valence-electron chi connectivity index (χ4n) is 3.28. The van der Waals surface area contributed by atoms with E-state index in [4.69, 9.17) is 10.8 Å². The highest BCUT2D eigenvalue weighted by atomic mass is 16.4. The van der Waals surface area contributed by atoms with Crippen LogP contribution in [0, 0.1) is 0 Å². The number of carboxylic acid groups (broad SMARTS) is 1. The van der Waals surface area contributed by atoms with Crippen molar-refractivity contribution >= 4 is 17.6 Å². The average molecular weight is 310 g/mol. The van der Waals surface area contributed by atoms with Gasteiger partial charge >= 0.3 is 5.97 Å². The molecule has 2 aromatic rings. The van der Waals surface area contributed by atoms with Crippen molar-refractivity contribution in [1.29, 1.82) is 0 Å². The lowest BCUT2D eigenvalue weighted by atomic mass is 9.91. The second kappa shape index (κ2) is 6.12. The first-order chi connectivity index (χ1) is 11.1.